The fourth-order valence-electron chi connectivity index (χ4n) is 4.76. The molecule has 0 aromatic carbocycles. The number of carbonyl (C=O) groups excluding carboxylic acids is 2. The highest BCUT2D eigenvalue weighted by molar-refractivity contribution is 5.84. The summed E-state index contributed by atoms with van der Waals surface area (Å²) in [5, 5.41) is 2.83. The van der Waals surface area contributed by atoms with Crippen molar-refractivity contribution in [2.24, 2.45) is 23.5 Å². The highest BCUT2D eigenvalue weighted by Gasteiger charge is 2.40. The first kappa shape index (κ1) is 20.1. The molecule has 0 saturated heterocycles. The van der Waals surface area contributed by atoms with Crippen molar-refractivity contribution in [1.82, 2.24) is 5.32 Å². The number of rotatable bonds is 5. The number of alkyl carbamates (subject to hydrolysis) is 1. The Balaban J connectivity index is 2.16. The van der Waals surface area contributed by atoms with Gasteiger partial charge in [0, 0.05) is 0 Å². The van der Waals surface area contributed by atoms with E-state index in [2.05, 4.69) is 5.32 Å². The summed E-state index contributed by atoms with van der Waals surface area (Å²) in [5.41, 5.74) is 5.17. The van der Waals surface area contributed by atoms with Gasteiger partial charge < -0.3 is 15.8 Å². The average Bonchev–Trinajstić information content (AvgIpc) is 2.54. The Bertz CT molecular complexity index is 428. The van der Waals surface area contributed by atoms with Gasteiger partial charge in [-0.25, -0.2) is 4.79 Å². The van der Waals surface area contributed by atoms with Gasteiger partial charge >= 0.3 is 6.09 Å². The third-order valence-electron chi connectivity index (χ3n) is 5.75. The monoisotopic (exact) mass is 352 g/mol. The van der Waals surface area contributed by atoms with E-state index in [0.717, 1.165) is 25.7 Å². The van der Waals surface area contributed by atoms with Gasteiger partial charge in [0.2, 0.25) is 5.91 Å². The largest absolute Gasteiger partial charge is 0.444 e. The van der Waals surface area contributed by atoms with E-state index in [1.165, 1.54) is 38.5 Å². The summed E-state index contributed by atoms with van der Waals surface area (Å²) >= 11 is 0. The minimum Gasteiger partial charge on any atom is -0.444 e. The van der Waals surface area contributed by atoms with Crippen LogP contribution in [0.3, 0.4) is 0 Å². The molecule has 0 radical (unpaired) electrons. The van der Waals surface area contributed by atoms with Crippen LogP contribution in [-0.2, 0) is 9.53 Å². The van der Waals surface area contributed by atoms with Crippen LogP contribution in [0.1, 0.15) is 85.0 Å². The summed E-state index contributed by atoms with van der Waals surface area (Å²) in [5.74, 6) is 0.672. The van der Waals surface area contributed by atoms with Crippen LogP contribution >= 0.6 is 0 Å². The molecule has 2 amide bonds. The predicted molar refractivity (Wildman–Crippen MR) is 99.0 cm³/mol. The van der Waals surface area contributed by atoms with Crippen molar-refractivity contribution in [3.63, 3.8) is 0 Å². The van der Waals surface area contributed by atoms with E-state index in [-0.39, 0.29) is 5.92 Å². The van der Waals surface area contributed by atoms with Crippen molar-refractivity contribution in [2.75, 3.05) is 0 Å². The van der Waals surface area contributed by atoms with Crippen molar-refractivity contribution in [2.45, 2.75) is 96.6 Å². The SMILES string of the molecule is CC(C)(C)OC(=O)NC(C(N)=O)C(C1CCCCC1)C1CCCCC1. The summed E-state index contributed by atoms with van der Waals surface area (Å²) in [4.78, 5) is 24.6. The molecular formula is C20H36N2O3. The van der Waals surface area contributed by atoms with Gasteiger partial charge in [0.25, 0.3) is 0 Å². The maximum absolute atomic E-state index is 12.3. The number of hydrogen-bond donors (Lipinski definition) is 2. The quantitative estimate of drug-likeness (QED) is 0.780. The van der Waals surface area contributed by atoms with Gasteiger partial charge in [0.1, 0.15) is 11.6 Å². The van der Waals surface area contributed by atoms with E-state index in [0.29, 0.717) is 11.8 Å². The molecule has 0 aromatic heterocycles. The lowest BCUT2D eigenvalue weighted by Crippen LogP contribution is -2.54. The van der Waals surface area contributed by atoms with Gasteiger partial charge in [-0.2, -0.15) is 0 Å². The van der Waals surface area contributed by atoms with Crippen molar-refractivity contribution < 1.29 is 14.3 Å². The van der Waals surface area contributed by atoms with Crippen LogP contribution in [-0.4, -0.2) is 23.6 Å². The first-order chi connectivity index (χ1) is 11.8. The molecule has 0 spiro atoms. The molecular weight excluding hydrogens is 316 g/mol. The van der Waals surface area contributed by atoms with Gasteiger partial charge in [0.05, 0.1) is 0 Å². The van der Waals surface area contributed by atoms with Gasteiger partial charge in [-0.05, 0) is 38.5 Å². The Morgan fingerprint density at radius 3 is 1.72 bits per heavy atom. The van der Waals surface area contributed by atoms with Crippen LogP contribution < -0.4 is 11.1 Å². The zero-order chi connectivity index (χ0) is 18.4. The number of hydrogen-bond acceptors (Lipinski definition) is 3. The Kier molecular flexibility index (Phi) is 7.14. The van der Waals surface area contributed by atoms with Crippen LogP contribution in [0.25, 0.3) is 0 Å². The van der Waals surface area contributed by atoms with Gasteiger partial charge in [0.15, 0.2) is 0 Å². The predicted octanol–water partition coefficient (Wildman–Crippen LogP) is 4.14. The maximum atomic E-state index is 12.3. The average molecular weight is 353 g/mol. The normalized spacial score (nSPS) is 21.8. The lowest BCUT2D eigenvalue weighted by Gasteiger charge is -2.41. The highest BCUT2D eigenvalue weighted by Crippen LogP contribution is 2.41. The van der Waals surface area contributed by atoms with Crippen LogP contribution in [0.4, 0.5) is 4.79 Å². The third-order valence-corrected chi connectivity index (χ3v) is 5.75. The van der Waals surface area contributed by atoms with E-state index in [4.69, 9.17) is 10.5 Å². The van der Waals surface area contributed by atoms with E-state index >= 15 is 0 Å². The number of nitrogens with one attached hydrogen (secondary N) is 1. The molecule has 2 fully saturated rings. The molecule has 144 valence electrons. The Morgan fingerprint density at radius 1 is 0.920 bits per heavy atom. The zero-order valence-electron chi connectivity index (χ0n) is 16.2. The second-order valence-corrected chi connectivity index (χ2v) is 8.90. The Hall–Kier alpha value is -1.26. The summed E-state index contributed by atoms with van der Waals surface area (Å²) in [6.45, 7) is 5.48. The maximum Gasteiger partial charge on any atom is 0.408 e. The standard InChI is InChI=1S/C20H36N2O3/c1-20(2,3)25-19(24)22-17(18(21)23)16(14-10-6-4-7-11-14)15-12-8-5-9-13-15/h14-17H,4-13H2,1-3H3,(H2,21,23)(H,22,24). The van der Waals surface area contributed by atoms with Crippen LogP contribution in [0.5, 0.6) is 0 Å². The second-order valence-electron chi connectivity index (χ2n) is 8.90. The number of primary amides is 1. The molecule has 0 bridgehead atoms. The van der Waals surface area contributed by atoms with Crippen LogP contribution in [0.15, 0.2) is 0 Å². The number of amides is 2. The second kappa shape index (κ2) is 8.91. The molecule has 5 heteroatoms. The fourth-order valence-corrected chi connectivity index (χ4v) is 4.76. The van der Waals surface area contributed by atoms with Crippen LogP contribution in [0, 0.1) is 17.8 Å². The van der Waals surface area contributed by atoms with E-state index < -0.39 is 23.6 Å². The van der Waals surface area contributed by atoms with Crippen molar-refractivity contribution >= 4 is 12.0 Å². The molecule has 2 aliphatic rings. The van der Waals surface area contributed by atoms with Crippen molar-refractivity contribution in [1.29, 1.82) is 0 Å². The minimum atomic E-state index is -0.624. The zero-order valence-corrected chi connectivity index (χ0v) is 16.2. The molecule has 2 aliphatic carbocycles. The molecule has 2 rings (SSSR count). The highest BCUT2D eigenvalue weighted by atomic mass is 16.6. The lowest BCUT2D eigenvalue weighted by atomic mass is 9.66. The minimum absolute atomic E-state index is 0.144. The summed E-state index contributed by atoms with van der Waals surface area (Å²) in [6, 6.07) is -0.624. The molecule has 5 nitrogen and oxygen atoms in total. The van der Waals surface area contributed by atoms with Crippen molar-refractivity contribution in [3.05, 3.63) is 0 Å². The Morgan fingerprint density at radius 2 is 1.36 bits per heavy atom. The fraction of sp³-hybridized carbons (Fsp3) is 0.900. The third kappa shape index (κ3) is 6.19. The van der Waals surface area contributed by atoms with Crippen molar-refractivity contribution in [3.8, 4) is 0 Å². The molecule has 3 N–H and O–H groups in total. The molecule has 2 saturated carbocycles. The molecule has 1 unspecified atom stereocenters. The number of nitrogens with two attached hydrogens (primary N) is 1. The first-order valence-electron chi connectivity index (χ1n) is 10.1. The van der Waals surface area contributed by atoms with E-state index in [1.54, 1.807) is 0 Å². The smallest absolute Gasteiger partial charge is 0.408 e. The summed E-state index contributed by atoms with van der Waals surface area (Å²) in [6.07, 6.45) is 11.4. The summed E-state index contributed by atoms with van der Waals surface area (Å²) < 4.78 is 5.39. The molecule has 25 heavy (non-hydrogen) atoms. The van der Waals surface area contributed by atoms with Crippen LogP contribution in [0.2, 0.25) is 0 Å². The first-order valence-corrected chi connectivity index (χ1v) is 10.1. The lowest BCUT2D eigenvalue weighted by molar-refractivity contribution is -0.123. The van der Waals surface area contributed by atoms with E-state index in [1.807, 2.05) is 20.8 Å². The molecule has 0 aliphatic heterocycles. The number of ether oxygens (including phenoxy) is 1. The number of carbonyl (C=O) groups is 2. The Labute approximate surface area is 152 Å². The van der Waals surface area contributed by atoms with Gasteiger partial charge in [-0.15, -0.1) is 0 Å². The summed E-state index contributed by atoms with van der Waals surface area (Å²) in [7, 11) is 0. The molecule has 0 heterocycles. The molecule has 0 aromatic rings. The van der Waals surface area contributed by atoms with Gasteiger partial charge in [-0.3, -0.25) is 4.79 Å². The van der Waals surface area contributed by atoms with E-state index in [9.17, 15) is 9.59 Å². The topological polar surface area (TPSA) is 81.4 Å². The molecule has 1 atom stereocenters. The van der Waals surface area contributed by atoms with Gasteiger partial charge in [-0.1, -0.05) is 64.2 Å².